The molecule has 2 aliphatic heterocycles. The van der Waals surface area contributed by atoms with E-state index < -0.39 is 0 Å². The van der Waals surface area contributed by atoms with Gasteiger partial charge in [0.25, 0.3) is 0 Å². The van der Waals surface area contributed by atoms with Crippen LogP contribution in [-0.2, 0) is 6.54 Å². The molecule has 0 amide bonds. The highest BCUT2D eigenvalue weighted by molar-refractivity contribution is 7.98. The smallest absolute Gasteiger partial charge is 0.113 e. The topological polar surface area (TPSA) is 15.6 Å². The molecule has 2 heterocycles. The Labute approximate surface area is 105 Å². The molecule has 0 saturated carbocycles. The molecule has 1 aliphatic carbocycles. The van der Waals surface area contributed by atoms with Gasteiger partial charge in [0.15, 0.2) is 0 Å². The zero-order chi connectivity index (χ0) is 11.4. The zero-order valence-electron chi connectivity index (χ0n) is 9.76. The second kappa shape index (κ2) is 3.39. The van der Waals surface area contributed by atoms with Crippen LogP contribution in [0.1, 0.15) is 12.0 Å². The normalized spacial score (nSPS) is 28.1. The van der Waals surface area contributed by atoms with E-state index in [0.717, 1.165) is 6.54 Å². The Bertz CT molecular complexity index is 547. The van der Waals surface area contributed by atoms with E-state index in [0.29, 0.717) is 12.0 Å². The van der Waals surface area contributed by atoms with E-state index in [4.69, 9.17) is 4.99 Å². The maximum atomic E-state index is 4.93. The first-order chi connectivity index (χ1) is 8.36. The van der Waals surface area contributed by atoms with Crippen LogP contribution in [0.2, 0.25) is 0 Å². The summed E-state index contributed by atoms with van der Waals surface area (Å²) in [7, 11) is 0. The van der Waals surface area contributed by atoms with Crippen LogP contribution in [0.15, 0.2) is 40.2 Å². The number of rotatable bonds is 1. The first kappa shape index (κ1) is 9.77. The second-order valence-electron chi connectivity index (χ2n) is 4.86. The summed E-state index contributed by atoms with van der Waals surface area (Å²) in [6.07, 6.45) is 8.03. The zero-order valence-corrected chi connectivity index (χ0v) is 10.6. The Balaban J connectivity index is 1.88. The molecule has 2 unspecified atom stereocenters. The lowest BCUT2D eigenvalue weighted by Crippen LogP contribution is -2.36. The van der Waals surface area contributed by atoms with Crippen LogP contribution >= 0.6 is 11.8 Å². The van der Waals surface area contributed by atoms with Gasteiger partial charge in [0.1, 0.15) is 5.84 Å². The van der Waals surface area contributed by atoms with Gasteiger partial charge in [-0.05, 0) is 24.3 Å². The van der Waals surface area contributed by atoms with E-state index >= 15 is 0 Å². The van der Waals surface area contributed by atoms with Gasteiger partial charge in [0.2, 0.25) is 0 Å². The number of fused-ring (bicyclic) bond motifs is 6. The van der Waals surface area contributed by atoms with Gasteiger partial charge >= 0.3 is 0 Å². The van der Waals surface area contributed by atoms with Crippen LogP contribution in [-0.4, -0.2) is 23.0 Å². The van der Waals surface area contributed by atoms with E-state index in [1.807, 2.05) is 0 Å². The van der Waals surface area contributed by atoms with Gasteiger partial charge in [0.05, 0.1) is 5.69 Å². The molecule has 17 heavy (non-hydrogen) atoms. The lowest BCUT2D eigenvalue weighted by Gasteiger charge is -2.32. The molecule has 1 aromatic carbocycles. The summed E-state index contributed by atoms with van der Waals surface area (Å²) < 4.78 is 0. The first-order valence-corrected chi connectivity index (χ1v) is 7.29. The van der Waals surface area contributed by atoms with Gasteiger partial charge in [-0.1, -0.05) is 24.3 Å². The first-order valence-electron chi connectivity index (χ1n) is 6.06. The standard InChI is InChI=1S/C14H14N2S/c1-17-12-4-2-3-10-8-16-11-6-5-9(7-11)14(16)15-13(10)12/h2-6,9,11H,7-8H2,1H3. The monoisotopic (exact) mass is 242 g/mol. The predicted octanol–water partition coefficient (Wildman–Crippen LogP) is 3.21. The molecule has 2 atom stereocenters. The van der Waals surface area contributed by atoms with Crippen molar-refractivity contribution in [1.82, 2.24) is 4.90 Å². The molecule has 1 fully saturated rings. The number of amidine groups is 1. The average Bonchev–Trinajstić information content (AvgIpc) is 2.97. The van der Waals surface area contributed by atoms with Crippen LogP contribution in [0.4, 0.5) is 5.69 Å². The fraction of sp³-hybridized carbons (Fsp3) is 0.357. The molecule has 86 valence electrons. The lowest BCUT2D eigenvalue weighted by molar-refractivity contribution is 0.377. The number of thioether (sulfide) groups is 1. The van der Waals surface area contributed by atoms with Crippen molar-refractivity contribution >= 4 is 23.3 Å². The maximum absolute atomic E-state index is 4.93. The van der Waals surface area contributed by atoms with Crippen LogP contribution in [0.3, 0.4) is 0 Å². The third-order valence-corrected chi connectivity index (χ3v) is 4.73. The van der Waals surface area contributed by atoms with Crippen molar-refractivity contribution in [3.8, 4) is 0 Å². The molecule has 0 N–H and O–H groups in total. The minimum atomic E-state index is 0.572. The molecular weight excluding hydrogens is 228 g/mol. The van der Waals surface area contributed by atoms with Gasteiger partial charge in [-0.3, -0.25) is 0 Å². The highest BCUT2D eigenvalue weighted by atomic mass is 32.2. The molecule has 0 aromatic heterocycles. The Morgan fingerprint density at radius 2 is 2.29 bits per heavy atom. The van der Waals surface area contributed by atoms with Crippen molar-refractivity contribution in [3.05, 3.63) is 35.9 Å². The van der Waals surface area contributed by atoms with Gasteiger partial charge in [-0.25, -0.2) is 4.99 Å². The molecule has 2 bridgehead atoms. The van der Waals surface area contributed by atoms with Crippen LogP contribution < -0.4 is 0 Å². The molecular formula is C14H14N2S. The van der Waals surface area contributed by atoms with E-state index in [9.17, 15) is 0 Å². The van der Waals surface area contributed by atoms with Gasteiger partial charge in [-0.2, -0.15) is 0 Å². The Morgan fingerprint density at radius 3 is 3.18 bits per heavy atom. The summed E-state index contributed by atoms with van der Waals surface area (Å²) in [5, 5.41) is 0. The fourth-order valence-electron chi connectivity index (χ4n) is 3.12. The molecule has 2 nitrogen and oxygen atoms in total. The number of hydrogen-bond donors (Lipinski definition) is 0. The summed E-state index contributed by atoms with van der Waals surface area (Å²) >= 11 is 1.79. The van der Waals surface area contributed by atoms with Gasteiger partial charge < -0.3 is 4.90 Å². The molecule has 0 radical (unpaired) electrons. The van der Waals surface area contributed by atoms with Crippen molar-refractivity contribution in [2.45, 2.75) is 23.9 Å². The number of benzene rings is 1. The number of aliphatic imine (C=N–C) groups is 1. The largest absolute Gasteiger partial charge is 0.349 e. The summed E-state index contributed by atoms with van der Waals surface area (Å²) in [5.74, 6) is 1.87. The number of para-hydroxylation sites is 1. The van der Waals surface area contributed by atoms with Crippen LogP contribution in [0.25, 0.3) is 0 Å². The molecule has 4 rings (SSSR count). The SMILES string of the molecule is CSc1cccc2c1N=C1C3C=CC(C3)N1C2. The minimum Gasteiger partial charge on any atom is -0.349 e. The predicted molar refractivity (Wildman–Crippen MR) is 71.9 cm³/mol. The van der Waals surface area contributed by atoms with E-state index in [-0.39, 0.29) is 0 Å². The fourth-order valence-corrected chi connectivity index (χ4v) is 3.70. The van der Waals surface area contributed by atoms with Gasteiger partial charge in [-0.15, -0.1) is 11.8 Å². The van der Waals surface area contributed by atoms with E-state index in [1.54, 1.807) is 11.8 Å². The van der Waals surface area contributed by atoms with E-state index in [2.05, 4.69) is 41.5 Å². The Hall–Kier alpha value is -1.22. The van der Waals surface area contributed by atoms with Crippen LogP contribution in [0.5, 0.6) is 0 Å². The Kier molecular flexibility index (Phi) is 1.95. The van der Waals surface area contributed by atoms with Crippen molar-refractivity contribution in [2.24, 2.45) is 10.9 Å². The third kappa shape index (κ3) is 1.26. The van der Waals surface area contributed by atoms with Crippen molar-refractivity contribution in [2.75, 3.05) is 6.26 Å². The van der Waals surface area contributed by atoms with E-state index in [1.165, 1.54) is 28.4 Å². The summed E-state index contributed by atoms with van der Waals surface area (Å²) in [4.78, 5) is 8.71. The number of hydrogen-bond acceptors (Lipinski definition) is 3. The van der Waals surface area contributed by atoms with Crippen molar-refractivity contribution in [3.63, 3.8) is 0 Å². The summed E-state index contributed by atoms with van der Waals surface area (Å²) in [5.41, 5.74) is 2.59. The van der Waals surface area contributed by atoms with Crippen molar-refractivity contribution < 1.29 is 0 Å². The third-order valence-electron chi connectivity index (χ3n) is 3.96. The molecule has 1 aromatic rings. The Morgan fingerprint density at radius 1 is 1.35 bits per heavy atom. The minimum absolute atomic E-state index is 0.572. The van der Waals surface area contributed by atoms with Crippen LogP contribution in [0, 0.1) is 5.92 Å². The second-order valence-corrected chi connectivity index (χ2v) is 5.71. The molecule has 3 heteroatoms. The molecule has 3 aliphatic rings. The quantitative estimate of drug-likeness (QED) is 0.555. The van der Waals surface area contributed by atoms with Crippen molar-refractivity contribution in [1.29, 1.82) is 0 Å². The number of nitrogens with zero attached hydrogens (tertiary/aromatic N) is 2. The maximum Gasteiger partial charge on any atom is 0.113 e. The average molecular weight is 242 g/mol. The molecule has 1 saturated heterocycles. The lowest BCUT2D eigenvalue weighted by atomic mass is 10.1. The molecule has 0 spiro atoms. The highest BCUT2D eigenvalue weighted by Crippen LogP contribution is 2.43. The van der Waals surface area contributed by atoms with Gasteiger partial charge in [0, 0.05) is 23.4 Å². The highest BCUT2D eigenvalue weighted by Gasteiger charge is 2.41. The summed E-state index contributed by atoms with van der Waals surface area (Å²) in [6, 6.07) is 7.14. The summed E-state index contributed by atoms with van der Waals surface area (Å²) in [6.45, 7) is 1.04.